The van der Waals surface area contributed by atoms with Gasteiger partial charge in [-0.1, -0.05) is 18.6 Å². The van der Waals surface area contributed by atoms with Crippen molar-refractivity contribution >= 4 is 17.0 Å². The zero-order valence-electron chi connectivity index (χ0n) is 18.7. The Morgan fingerprint density at radius 2 is 2.09 bits per heavy atom. The fourth-order valence-electron chi connectivity index (χ4n) is 5.10. The monoisotopic (exact) mass is 448 g/mol. The van der Waals surface area contributed by atoms with E-state index in [1.54, 1.807) is 4.57 Å². The SMILES string of the molecule is N=C(N)NCC[C@@H]1CCC[C@@H](c2ccc(-n3cc4cc(C5CCNC5)[nH]c4nc3=O)cc2)N1. The molecule has 2 aliphatic heterocycles. The summed E-state index contributed by atoms with van der Waals surface area (Å²) >= 11 is 0. The molecule has 5 rings (SSSR count). The van der Waals surface area contributed by atoms with E-state index in [0.717, 1.165) is 62.0 Å². The van der Waals surface area contributed by atoms with E-state index in [2.05, 4.69) is 44.1 Å². The smallest absolute Gasteiger partial charge is 0.354 e. The van der Waals surface area contributed by atoms with Crippen molar-refractivity contribution in [1.29, 1.82) is 5.41 Å². The number of rotatable bonds is 6. The third kappa shape index (κ3) is 4.79. The fourth-order valence-corrected chi connectivity index (χ4v) is 5.10. The first-order chi connectivity index (χ1) is 16.1. The molecule has 1 aromatic carbocycles. The summed E-state index contributed by atoms with van der Waals surface area (Å²) in [5, 5.41) is 18.2. The summed E-state index contributed by atoms with van der Waals surface area (Å²) < 4.78 is 1.63. The van der Waals surface area contributed by atoms with E-state index in [0.29, 0.717) is 30.2 Å². The summed E-state index contributed by atoms with van der Waals surface area (Å²) in [7, 11) is 0. The Morgan fingerprint density at radius 1 is 1.24 bits per heavy atom. The van der Waals surface area contributed by atoms with Crippen molar-refractivity contribution in [3.8, 4) is 5.69 Å². The van der Waals surface area contributed by atoms with Crippen LogP contribution in [0.1, 0.15) is 55.3 Å². The van der Waals surface area contributed by atoms with Gasteiger partial charge in [-0.2, -0.15) is 4.98 Å². The van der Waals surface area contributed by atoms with E-state index >= 15 is 0 Å². The molecule has 0 aliphatic carbocycles. The molecule has 2 aromatic heterocycles. The molecular weight excluding hydrogens is 416 g/mol. The molecule has 0 radical (unpaired) electrons. The van der Waals surface area contributed by atoms with Crippen molar-refractivity contribution in [1.82, 2.24) is 30.5 Å². The predicted octanol–water partition coefficient (Wildman–Crippen LogP) is 1.85. The number of hydrogen-bond donors (Lipinski definition) is 6. The molecule has 2 aliphatic rings. The van der Waals surface area contributed by atoms with Gasteiger partial charge in [-0.3, -0.25) is 9.98 Å². The summed E-state index contributed by atoms with van der Waals surface area (Å²) in [6.45, 7) is 2.69. The third-order valence-corrected chi connectivity index (χ3v) is 6.89. The van der Waals surface area contributed by atoms with Gasteiger partial charge in [-0.05, 0) is 56.0 Å². The van der Waals surface area contributed by atoms with Crippen LogP contribution in [-0.2, 0) is 0 Å². The second-order valence-corrected chi connectivity index (χ2v) is 9.18. The minimum Gasteiger partial charge on any atom is -0.370 e. The molecule has 1 unspecified atom stereocenters. The minimum atomic E-state index is -0.276. The zero-order chi connectivity index (χ0) is 22.8. The van der Waals surface area contributed by atoms with Gasteiger partial charge >= 0.3 is 5.69 Å². The van der Waals surface area contributed by atoms with Gasteiger partial charge < -0.3 is 26.7 Å². The Balaban J connectivity index is 1.31. The summed E-state index contributed by atoms with van der Waals surface area (Å²) in [5.74, 6) is 0.472. The average molecular weight is 449 g/mol. The number of fused-ring (bicyclic) bond motifs is 1. The number of nitrogens with zero attached hydrogens (tertiary/aromatic N) is 2. The van der Waals surface area contributed by atoms with Crippen molar-refractivity contribution in [3.05, 3.63) is 58.3 Å². The number of nitrogens with two attached hydrogens (primary N) is 1. The molecule has 0 amide bonds. The molecule has 0 saturated carbocycles. The Bertz CT molecular complexity index is 1180. The maximum Gasteiger partial charge on any atom is 0.354 e. The van der Waals surface area contributed by atoms with Crippen LogP contribution in [0, 0.1) is 5.41 Å². The molecule has 174 valence electrons. The molecule has 0 spiro atoms. The highest BCUT2D eigenvalue weighted by Gasteiger charge is 2.22. The third-order valence-electron chi connectivity index (χ3n) is 6.89. The van der Waals surface area contributed by atoms with E-state index in [1.165, 1.54) is 5.56 Å². The van der Waals surface area contributed by atoms with Crippen LogP contribution in [0.25, 0.3) is 16.7 Å². The second kappa shape index (κ2) is 9.36. The average Bonchev–Trinajstić information content (AvgIpc) is 3.48. The van der Waals surface area contributed by atoms with Crippen LogP contribution in [-0.4, -0.2) is 46.2 Å². The lowest BCUT2D eigenvalue weighted by atomic mass is 9.92. The van der Waals surface area contributed by atoms with Gasteiger partial charge in [-0.15, -0.1) is 0 Å². The quantitative estimate of drug-likeness (QED) is 0.252. The second-order valence-electron chi connectivity index (χ2n) is 9.18. The molecule has 7 N–H and O–H groups in total. The maximum atomic E-state index is 12.7. The number of aromatic amines is 1. The number of guanidine groups is 1. The Morgan fingerprint density at radius 3 is 2.85 bits per heavy atom. The first-order valence-electron chi connectivity index (χ1n) is 11.8. The normalized spacial score (nSPS) is 23.1. The van der Waals surface area contributed by atoms with Crippen LogP contribution in [0.5, 0.6) is 0 Å². The van der Waals surface area contributed by atoms with Crippen LogP contribution in [0.2, 0.25) is 0 Å². The summed E-state index contributed by atoms with van der Waals surface area (Å²) in [4.78, 5) is 20.4. The number of benzene rings is 1. The van der Waals surface area contributed by atoms with Crippen molar-refractivity contribution in [3.63, 3.8) is 0 Å². The van der Waals surface area contributed by atoms with Crippen molar-refractivity contribution in [2.45, 2.75) is 50.1 Å². The van der Waals surface area contributed by atoms with Crippen molar-refractivity contribution in [2.24, 2.45) is 5.73 Å². The zero-order valence-corrected chi connectivity index (χ0v) is 18.7. The largest absolute Gasteiger partial charge is 0.370 e. The first kappa shape index (κ1) is 21.7. The number of aromatic nitrogens is 3. The van der Waals surface area contributed by atoms with Gasteiger partial charge in [0.25, 0.3) is 0 Å². The van der Waals surface area contributed by atoms with Gasteiger partial charge in [-0.25, -0.2) is 4.79 Å². The van der Waals surface area contributed by atoms with E-state index in [4.69, 9.17) is 11.1 Å². The summed E-state index contributed by atoms with van der Waals surface area (Å²) in [5.41, 5.74) is 8.95. The lowest BCUT2D eigenvalue weighted by Crippen LogP contribution is -2.40. The Hall–Kier alpha value is -3.17. The van der Waals surface area contributed by atoms with E-state index in [9.17, 15) is 4.79 Å². The van der Waals surface area contributed by atoms with E-state index < -0.39 is 0 Å². The van der Waals surface area contributed by atoms with Crippen LogP contribution in [0.3, 0.4) is 0 Å². The number of hydrogen-bond acceptors (Lipinski definition) is 5. The highest BCUT2D eigenvalue weighted by molar-refractivity contribution is 5.76. The molecule has 3 aromatic rings. The summed E-state index contributed by atoms with van der Waals surface area (Å²) in [6.07, 6.45) is 7.30. The number of nitrogens with one attached hydrogen (secondary N) is 5. The van der Waals surface area contributed by atoms with Gasteiger partial charge in [0, 0.05) is 48.4 Å². The molecule has 33 heavy (non-hydrogen) atoms. The maximum absolute atomic E-state index is 12.7. The topological polar surface area (TPSA) is 137 Å². The molecule has 9 nitrogen and oxygen atoms in total. The molecule has 3 atom stereocenters. The van der Waals surface area contributed by atoms with Gasteiger partial charge in [0.1, 0.15) is 5.65 Å². The molecule has 2 saturated heterocycles. The van der Waals surface area contributed by atoms with Crippen LogP contribution in [0.4, 0.5) is 0 Å². The fraction of sp³-hybridized carbons (Fsp3) is 0.458. The van der Waals surface area contributed by atoms with E-state index in [-0.39, 0.29) is 11.6 Å². The van der Waals surface area contributed by atoms with E-state index in [1.807, 2.05) is 18.3 Å². The molecular formula is C24H32N8O. The Kier molecular flexibility index (Phi) is 6.15. The lowest BCUT2D eigenvalue weighted by Gasteiger charge is -2.31. The number of piperidine rings is 1. The molecule has 9 heteroatoms. The molecule has 2 fully saturated rings. The molecule has 0 bridgehead atoms. The highest BCUT2D eigenvalue weighted by Crippen LogP contribution is 2.28. The van der Waals surface area contributed by atoms with Crippen molar-refractivity contribution in [2.75, 3.05) is 19.6 Å². The van der Waals surface area contributed by atoms with Gasteiger partial charge in [0.2, 0.25) is 0 Å². The van der Waals surface area contributed by atoms with Crippen LogP contribution < -0.4 is 27.4 Å². The Labute approximate surface area is 192 Å². The standard InChI is InChI=1S/C24H32N8O/c25-23(26)28-11-9-18-2-1-3-20(29-18)15-4-6-19(7-5-15)32-14-17-12-21(16-8-10-27-13-16)30-22(17)31-24(32)33/h4-7,12,14,16,18,20,27,29H,1-3,8-11,13H2,(H4,25,26,28)(H,30,31,33)/t16?,18-,20-/m0/s1. The van der Waals surface area contributed by atoms with Gasteiger partial charge in [0.15, 0.2) is 5.96 Å². The van der Waals surface area contributed by atoms with Crippen molar-refractivity contribution < 1.29 is 0 Å². The predicted molar refractivity (Wildman–Crippen MR) is 130 cm³/mol. The summed E-state index contributed by atoms with van der Waals surface area (Å²) in [6, 6.07) is 11.0. The highest BCUT2D eigenvalue weighted by atomic mass is 16.1. The van der Waals surface area contributed by atoms with Crippen LogP contribution in [0.15, 0.2) is 41.3 Å². The van der Waals surface area contributed by atoms with Gasteiger partial charge in [0.05, 0.1) is 5.69 Å². The molecule has 4 heterocycles. The first-order valence-corrected chi connectivity index (χ1v) is 11.8. The van der Waals surface area contributed by atoms with Crippen LogP contribution >= 0.6 is 0 Å². The minimum absolute atomic E-state index is 0.0206. The lowest BCUT2D eigenvalue weighted by molar-refractivity contribution is 0.312. The number of H-pyrrole nitrogens is 1.